The van der Waals surface area contributed by atoms with Crippen molar-refractivity contribution in [1.82, 2.24) is 0 Å². The lowest BCUT2D eigenvalue weighted by molar-refractivity contribution is -0.384. The summed E-state index contributed by atoms with van der Waals surface area (Å²) < 4.78 is 0.707. The van der Waals surface area contributed by atoms with Crippen LogP contribution in [0.15, 0.2) is 22.7 Å². The van der Waals surface area contributed by atoms with Crippen LogP contribution in [0.3, 0.4) is 0 Å². The maximum atomic E-state index is 10.9. The van der Waals surface area contributed by atoms with E-state index in [0.29, 0.717) is 10.2 Å². The van der Waals surface area contributed by atoms with Crippen molar-refractivity contribution < 1.29 is 4.92 Å². The van der Waals surface area contributed by atoms with Crippen LogP contribution in [0.2, 0.25) is 0 Å². The molecule has 0 unspecified atom stereocenters. The Morgan fingerprint density at radius 2 is 2.12 bits per heavy atom. The number of nitrogens with one attached hydrogen (secondary N) is 1. The van der Waals surface area contributed by atoms with Crippen LogP contribution in [0.1, 0.15) is 27.2 Å². The highest BCUT2D eigenvalue weighted by atomic mass is 79.9. The molecule has 88 valence electrons. The van der Waals surface area contributed by atoms with E-state index in [1.807, 2.05) is 20.8 Å². The van der Waals surface area contributed by atoms with Gasteiger partial charge in [0.15, 0.2) is 0 Å². The topological polar surface area (TPSA) is 55.2 Å². The van der Waals surface area contributed by atoms with Crippen molar-refractivity contribution in [3.8, 4) is 0 Å². The lowest BCUT2D eigenvalue weighted by atomic mass is 10.0. The second-order valence-corrected chi connectivity index (χ2v) is 5.20. The molecule has 5 heteroatoms. The van der Waals surface area contributed by atoms with Crippen molar-refractivity contribution >= 4 is 27.3 Å². The van der Waals surface area contributed by atoms with Gasteiger partial charge in [0.05, 0.1) is 4.92 Å². The van der Waals surface area contributed by atoms with Gasteiger partial charge in [-0.1, -0.05) is 22.9 Å². The van der Waals surface area contributed by atoms with Gasteiger partial charge in [0, 0.05) is 16.1 Å². The van der Waals surface area contributed by atoms with Gasteiger partial charge < -0.3 is 5.32 Å². The predicted molar refractivity (Wildman–Crippen MR) is 68.8 cm³/mol. The Kier molecular flexibility index (Phi) is 3.91. The van der Waals surface area contributed by atoms with Crippen LogP contribution in [-0.2, 0) is 0 Å². The molecule has 0 bridgehead atoms. The number of anilines is 1. The van der Waals surface area contributed by atoms with Gasteiger partial charge in [0.1, 0.15) is 5.69 Å². The first-order valence-electron chi connectivity index (χ1n) is 5.08. The zero-order valence-corrected chi connectivity index (χ0v) is 11.2. The minimum atomic E-state index is -0.376. The minimum absolute atomic E-state index is 0.0934. The van der Waals surface area contributed by atoms with Crippen molar-refractivity contribution in [2.45, 2.75) is 32.7 Å². The van der Waals surface area contributed by atoms with Crippen LogP contribution in [0.25, 0.3) is 0 Å². The summed E-state index contributed by atoms with van der Waals surface area (Å²) in [6, 6.07) is 5.02. The third-order valence-corrected chi connectivity index (χ3v) is 3.01. The van der Waals surface area contributed by atoms with E-state index in [1.165, 1.54) is 6.07 Å². The van der Waals surface area contributed by atoms with Crippen LogP contribution in [-0.4, -0.2) is 10.5 Å². The molecule has 16 heavy (non-hydrogen) atoms. The Morgan fingerprint density at radius 3 is 2.62 bits per heavy atom. The molecular formula is C11H15BrN2O2. The standard InChI is InChI=1S/C11H15BrN2O2/c1-4-11(2,3)13-9-6-5-8(12)7-10(9)14(15)16/h5-7,13H,4H2,1-3H3. The summed E-state index contributed by atoms with van der Waals surface area (Å²) in [5, 5.41) is 14.1. The summed E-state index contributed by atoms with van der Waals surface area (Å²) >= 11 is 3.23. The van der Waals surface area contributed by atoms with Crippen molar-refractivity contribution in [3.63, 3.8) is 0 Å². The van der Waals surface area contributed by atoms with Crippen LogP contribution in [0, 0.1) is 10.1 Å². The molecule has 0 fully saturated rings. The van der Waals surface area contributed by atoms with Gasteiger partial charge in [0.2, 0.25) is 0 Å². The largest absolute Gasteiger partial charge is 0.375 e. The number of nitro groups is 1. The van der Waals surface area contributed by atoms with E-state index in [-0.39, 0.29) is 16.1 Å². The van der Waals surface area contributed by atoms with Gasteiger partial charge in [-0.3, -0.25) is 10.1 Å². The SMILES string of the molecule is CCC(C)(C)Nc1ccc(Br)cc1[N+](=O)[O-]. The number of hydrogen-bond donors (Lipinski definition) is 1. The van der Waals surface area contributed by atoms with E-state index in [9.17, 15) is 10.1 Å². The normalized spacial score (nSPS) is 11.2. The highest BCUT2D eigenvalue weighted by Gasteiger charge is 2.20. The Labute approximate surface area is 103 Å². The van der Waals surface area contributed by atoms with E-state index in [1.54, 1.807) is 12.1 Å². The predicted octanol–water partition coefficient (Wildman–Crippen LogP) is 3.96. The van der Waals surface area contributed by atoms with Crippen molar-refractivity contribution in [2.24, 2.45) is 0 Å². The number of nitrogens with zero attached hydrogens (tertiary/aromatic N) is 1. The van der Waals surface area contributed by atoms with Gasteiger partial charge in [0.25, 0.3) is 5.69 Å². The monoisotopic (exact) mass is 286 g/mol. The first-order valence-corrected chi connectivity index (χ1v) is 5.87. The number of nitro benzene ring substituents is 1. The van der Waals surface area contributed by atoms with Gasteiger partial charge in [-0.05, 0) is 32.4 Å². The number of benzene rings is 1. The fraction of sp³-hybridized carbons (Fsp3) is 0.455. The summed E-state index contributed by atoms with van der Waals surface area (Å²) in [7, 11) is 0. The van der Waals surface area contributed by atoms with Gasteiger partial charge >= 0.3 is 0 Å². The molecule has 1 aromatic rings. The molecule has 0 aliphatic rings. The molecule has 0 radical (unpaired) electrons. The smallest absolute Gasteiger partial charge is 0.293 e. The lowest BCUT2D eigenvalue weighted by Crippen LogP contribution is -2.29. The Balaban J connectivity index is 3.09. The zero-order chi connectivity index (χ0) is 12.3. The Bertz CT molecular complexity index is 405. The maximum absolute atomic E-state index is 10.9. The van der Waals surface area contributed by atoms with Gasteiger partial charge in [-0.25, -0.2) is 0 Å². The molecule has 0 aliphatic heterocycles. The average Bonchev–Trinajstić information content (AvgIpc) is 2.20. The van der Waals surface area contributed by atoms with Crippen molar-refractivity contribution in [3.05, 3.63) is 32.8 Å². The Morgan fingerprint density at radius 1 is 1.50 bits per heavy atom. The molecule has 0 amide bonds. The minimum Gasteiger partial charge on any atom is -0.375 e. The summed E-state index contributed by atoms with van der Waals surface area (Å²) in [5.41, 5.74) is 0.495. The van der Waals surface area contributed by atoms with Gasteiger partial charge in [-0.15, -0.1) is 0 Å². The molecule has 1 rings (SSSR count). The fourth-order valence-electron chi connectivity index (χ4n) is 1.21. The quantitative estimate of drug-likeness (QED) is 0.673. The molecule has 4 nitrogen and oxygen atoms in total. The van der Waals surface area contributed by atoms with E-state index in [2.05, 4.69) is 21.2 Å². The zero-order valence-electron chi connectivity index (χ0n) is 9.58. The molecule has 0 heterocycles. The highest BCUT2D eigenvalue weighted by molar-refractivity contribution is 9.10. The van der Waals surface area contributed by atoms with Crippen LogP contribution >= 0.6 is 15.9 Å². The number of halogens is 1. The second kappa shape index (κ2) is 4.82. The number of rotatable bonds is 4. The van der Waals surface area contributed by atoms with E-state index < -0.39 is 0 Å². The Hall–Kier alpha value is -1.10. The van der Waals surface area contributed by atoms with E-state index in [0.717, 1.165) is 6.42 Å². The fourth-order valence-corrected chi connectivity index (χ4v) is 1.56. The molecule has 0 aromatic heterocycles. The summed E-state index contributed by atoms with van der Waals surface area (Å²) in [6.07, 6.45) is 0.889. The van der Waals surface area contributed by atoms with Crippen LogP contribution < -0.4 is 5.32 Å². The molecule has 0 aliphatic carbocycles. The van der Waals surface area contributed by atoms with Crippen molar-refractivity contribution in [1.29, 1.82) is 0 Å². The van der Waals surface area contributed by atoms with Crippen molar-refractivity contribution in [2.75, 3.05) is 5.32 Å². The molecule has 1 aromatic carbocycles. The molecule has 1 N–H and O–H groups in total. The molecule has 0 saturated carbocycles. The molecule has 0 spiro atoms. The van der Waals surface area contributed by atoms with E-state index in [4.69, 9.17) is 0 Å². The molecular weight excluding hydrogens is 272 g/mol. The lowest BCUT2D eigenvalue weighted by Gasteiger charge is -2.25. The van der Waals surface area contributed by atoms with E-state index >= 15 is 0 Å². The second-order valence-electron chi connectivity index (χ2n) is 4.28. The van der Waals surface area contributed by atoms with Gasteiger partial charge in [-0.2, -0.15) is 0 Å². The van der Waals surface area contributed by atoms with Crippen LogP contribution in [0.5, 0.6) is 0 Å². The number of hydrogen-bond acceptors (Lipinski definition) is 3. The average molecular weight is 287 g/mol. The molecule has 0 saturated heterocycles. The van der Waals surface area contributed by atoms with Crippen LogP contribution in [0.4, 0.5) is 11.4 Å². The summed E-state index contributed by atoms with van der Waals surface area (Å²) in [5.74, 6) is 0. The third kappa shape index (κ3) is 3.20. The highest BCUT2D eigenvalue weighted by Crippen LogP contribution is 2.30. The molecule has 0 atom stereocenters. The maximum Gasteiger partial charge on any atom is 0.293 e. The summed E-state index contributed by atoms with van der Waals surface area (Å²) in [4.78, 5) is 10.5. The summed E-state index contributed by atoms with van der Waals surface area (Å²) in [6.45, 7) is 6.06. The first-order chi connectivity index (χ1) is 7.35. The first kappa shape index (κ1) is 13.0. The third-order valence-electron chi connectivity index (χ3n) is 2.51.